The number of hydrogen-bond acceptors (Lipinski definition) is 0. The fraction of sp³-hybridized carbons (Fsp3) is 0.815. The first-order chi connectivity index (χ1) is 13.9. The molecule has 0 atom stereocenters. The van der Waals surface area contributed by atoms with Gasteiger partial charge in [0, 0.05) is 18.1 Å². The molecule has 0 aliphatic heterocycles. The van der Waals surface area contributed by atoms with E-state index in [0.29, 0.717) is 0 Å². The highest BCUT2D eigenvalue weighted by Gasteiger charge is 2.03. The van der Waals surface area contributed by atoms with Crippen molar-refractivity contribution in [2.24, 2.45) is 0 Å². The second-order valence-electron chi connectivity index (χ2n) is 8.86. The van der Waals surface area contributed by atoms with Crippen molar-refractivity contribution < 1.29 is 4.57 Å². The number of hydrogen-bond donors (Lipinski definition) is 0. The Bertz CT molecular complexity index is 440. The van der Waals surface area contributed by atoms with Crippen molar-refractivity contribution in [2.45, 2.75) is 142 Å². The summed E-state index contributed by atoms with van der Waals surface area (Å²) in [5, 5.41) is 0. The van der Waals surface area contributed by atoms with Crippen LogP contribution < -0.4 is 4.57 Å². The van der Waals surface area contributed by atoms with Gasteiger partial charge in [-0.05, 0) is 25.3 Å². The lowest BCUT2D eigenvalue weighted by atomic mass is 10.0. The largest absolute Gasteiger partial charge is 0.205 e. The summed E-state index contributed by atoms with van der Waals surface area (Å²) < 4.78 is 2.41. The Morgan fingerprint density at radius 2 is 1.04 bits per heavy atom. The molecule has 0 radical (unpaired) electrons. The average molecular weight is 389 g/mol. The van der Waals surface area contributed by atoms with Gasteiger partial charge in [0.05, 0.1) is 0 Å². The molecule has 162 valence electrons. The van der Waals surface area contributed by atoms with Crippen LogP contribution in [0.3, 0.4) is 0 Å². The second-order valence-corrected chi connectivity index (χ2v) is 8.86. The minimum Gasteiger partial charge on any atom is -0.205 e. The van der Waals surface area contributed by atoms with Gasteiger partial charge in [0.25, 0.3) is 0 Å². The first-order valence-electron chi connectivity index (χ1n) is 12.8. The highest BCUT2D eigenvalue weighted by molar-refractivity contribution is 5.05. The minimum atomic E-state index is 1.20. The van der Waals surface area contributed by atoms with Gasteiger partial charge in [0.15, 0.2) is 12.4 Å². The molecule has 0 saturated carbocycles. The monoisotopic (exact) mass is 388 g/mol. The van der Waals surface area contributed by atoms with E-state index in [2.05, 4.69) is 42.9 Å². The standard InChI is InChI=1S/C27H50N/c1-3-5-7-9-10-11-12-13-14-15-16-17-18-20-24-28-25-21-23-27(26-28)22-19-8-6-4-2/h21,23,25-26H,3-20,22,24H2,1-2H3/q+1. The third-order valence-electron chi connectivity index (χ3n) is 6.01. The summed E-state index contributed by atoms with van der Waals surface area (Å²) in [6.45, 7) is 5.78. The van der Waals surface area contributed by atoms with E-state index < -0.39 is 0 Å². The van der Waals surface area contributed by atoms with Gasteiger partial charge < -0.3 is 0 Å². The summed E-state index contributed by atoms with van der Waals surface area (Å²) in [5.41, 5.74) is 1.52. The van der Waals surface area contributed by atoms with Crippen LogP contribution in [-0.2, 0) is 13.0 Å². The molecule has 1 aromatic rings. The zero-order valence-corrected chi connectivity index (χ0v) is 19.4. The molecule has 1 rings (SSSR count). The quantitative estimate of drug-likeness (QED) is 0.155. The van der Waals surface area contributed by atoms with E-state index in [1.54, 1.807) is 0 Å². The molecular formula is C27H50N+. The molecule has 0 N–H and O–H groups in total. The number of unbranched alkanes of at least 4 members (excludes halogenated alkanes) is 16. The minimum absolute atomic E-state index is 1.20. The zero-order valence-electron chi connectivity index (χ0n) is 19.4. The van der Waals surface area contributed by atoms with Crippen LogP contribution in [0.4, 0.5) is 0 Å². The number of aromatic nitrogens is 1. The predicted molar refractivity (Wildman–Crippen MR) is 125 cm³/mol. The maximum absolute atomic E-state index is 2.41. The van der Waals surface area contributed by atoms with Crippen LogP contribution in [0.25, 0.3) is 0 Å². The summed E-state index contributed by atoms with van der Waals surface area (Å²) in [4.78, 5) is 0. The van der Waals surface area contributed by atoms with E-state index in [9.17, 15) is 0 Å². The Morgan fingerprint density at radius 1 is 0.571 bits per heavy atom. The van der Waals surface area contributed by atoms with E-state index in [1.807, 2.05) is 0 Å². The van der Waals surface area contributed by atoms with Gasteiger partial charge in [-0.15, -0.1) is 0 Å². The van der Waals surface area contributed by atoms with Crippen LogP contribution >= 0.6 is 0 Å². The Balaban J connectivity index is 1.90. The van der Waals surface area contributed by atoms with Gasteiger partial charge in [-0.2, -0.15) is 0 Å². The van der Waals surface area contributed by atoms with Gasteiger partial charge >= 0.3 is 0 Å². The Morgan fingerprint density at radius 3 is 1.57 bits per heavy atom. The van der Waals surface area contributed by atoms with E-state index in [-0.39, 0.29) is 0 Å². The van der Waals surface area contributed by atoms with Gasteiger partial charge in [-0.25, -0.2) is 4.57 Å². The smallest absolute Gasteiger partial charge is 0.171 e. The maximum atomic E-state index is 2.41. The molecule has 0 fully saturated rings. The molecule has 1 heterocycles. The van der Waals surface area contributed by atoms with E-state index >= 15 is 0 Å². The zero-order chi connectivity index (χ0) is 20.1. The Hall–Kier alpha value is -0.850. The second kappa shape index (κ2) is 19.5. The third-order valence-corrected chi connectivity index (χ3v) is 6.01. The number of rotatable bonds is 20. The summed E-state index contributed by atoms with van der Waals surface area (Å²) in [6.07, 6.45) is 31.4. The summed E-state index contributed by atoms with van der Waals surface area (Å²) in [7, 11) is 0. The van der Waals surface area contributed by atoms with Crippen molar-refractivity contribution in [2.75, 3.05) is 0 Å². The molecule has 1 nitrogen and oxygen atoms in total. The molecule has 28 heavy (non-hydrogen) atoms. The van der Waals surface area contributed by atoms with Crippen molar-refractivity contribution >= 4 is 0 Å². The van der Waals surface area contributed by atoms with Gasteiger partial charge in [-0.3, -0.25) is 0 Å². The van der Waals surface area contributed by atoms with Crippen LogP contribution in [0, 0.1) is 0 Å². The fourth-order valence-electron chi connectivity index (χ4n) is 4.11. The molecule has 0 aromatic carbocycles. The Kier molecular flexibility index (Phi) is 17.5. The summed E-state index contributed by atoms with van der Waals surface area (Å²) in [5.74, 6) is 0. The van der Waals surface area contributed by atoms with Crippen molar-refractivity contribution in [1.82, 2.24) is 0 Å². The topological polar surface area (TPSA) is 3.88 Å². The van der Waals surface area contributed by atoms with Crippen LogP contribution in [0.5, 0.6) is 0 Å². The lowest BCUT2D eigenvalue weighted by molar-refractivity contribution is -0.697. The predicted octanol–water partition coefficient (Wildman–Crippen LogP) is 8.58. The molecule has 1 heteroatoms. The van der Waals surface area contributed by atoms with Crippen molar-refractivity contribution in [3.05, 3.63) is 30.1 Å². The van der Waals surface area contributed by atoms with E-state index in [1.165, 1.54) is 134 Å². The average Bonchev–Trinajstić information content (AvgIpc) is 2.72. The fourth-order valence-corrected chi connectivity index (χ4v) is 4.11. The Labute approximate surface area is 177 Å². The summed E-state index contributed by atoms with van der Waals surface area (Å²) in [6, 6.07) is 4.53. The van der Waals surface area contributed by atoms with Crippen LogP contribution in [0.1, 0.15) is 135 Å². The molecular weight excluding hydrogens is 338 g/mol. The molecule has 0 saturated heterocycles. The lowest BCUT2D eigenvalue weighted by Gasteiger charge is -2.03. The molecule has 0 aliphatic rings. The first kappa shape index (κ1) is 25.2. The number of pyridine rings is 1. The molecule has 0 spiro atoms. The van der Waals surface area contributed by atoms with Crippen LogP contribution in [0.15, 0.2) is 24.5 Å². The molecule has 0 bridgehead atoms. The SMILES string of the molecule is CCCCCCCCCCCCCCCC[n+]1cccc(CCCCCC)c1. The van der Waals surface area contributed by atoms with E-state index in [0.717, 1.165) is 0 Å². The maximum Gasteiger partial charge on any atom is 0.171 e. The molecule has 0 amide bonds. The van der Waals surface area contributed by atoms with Crippen molar-refractivity contribution in [3.8, 4) is 0 Å². The van der Waals surface area contributed by atoms with Gasteiger partial charge in [0.2, 0.25) is 0 Å². The highest BCUT2D eigenvalue weighted by atomic mass is 14.9. The third kappa shape index (κ3) is 15.1. The molecule has 0 aliphatic carbocycles. The summed E-state index contributed by atoms with van der Waals surface area (Å²) >= 11 is 0. The normalized spacial score (nSPS) is 11.2. The number of nitrogens with zero attached hydrogens (tertiary/aromatic N) is 1. The molecule has 0 unspecified atom stereocenters. The lowest BCUT2D eigenvalue weighted by Crippen LogP contribution is -2.33. The first-order valence-corrected chi connectivity index (χ1v) is 12.8. The van der Waals surface area contributed by atoms with Gasteiger partial charge in [-0.1, -0.05) is 110 Å². The van der Waals surface area contributed by atoms with Crippen LogP contribution in [-0.4, -0.2) is 0 Å². The van der Waals surface area contributed by atoms with Gasteiger partial charge in [0.1, 0.15) is 6.54 Å². The highest BCUT2D eigenvalue weighted by Crippen LogP contribution is 2.13. The van der Waals surface area contributed by atoms with Crippen LogP contribution in [0.2, 0.25) is 0 Å². The van der Waals surface area contributed by atoms with E-state index in [4.69, 9.17) is 0 Å². The van der Waals surface area contributed by atoms with Crippen molar-refractivity contribution in [3.63, 3.8) is 0 Å². The molecule has 1 aromatic heterocycles. The van der Waals surface area contributed by atoms with Crippen molar-refractivity contribution in [1.29, 1.82) is 0 Å². The number of aryl methyl sites for hydroxylation is 2.